The van der Waals surface area contributed by atoms with E-state index < -0.39 is 10.8 Å². The van der Waals surface area contributed by atoms with E-state index in [-0.39, 0.29) is 23.6 Å². The lowest BCUT2D eigenvalue weighted by molar-refractivity contribution is -0.384. The van der Waals surface area contributed by atoms with Gasteiger partial charge in [0.2, 0.25) is 0 Å². The van der Waals surface area contributed by atoms with Crippen LogP contribution in [0, 0.1) is 10.1 Å². The van der Waals surface area contributed by atoms with Gasteiger partial charge in [-0.3, -0.25) is 24.5 Å². The molecular weight excluding hydrogens is 252 g/mol. The highest BCUT2D eigenvalue weighted by molar-refractivity contribution is 5.96. The zero-order valence-corrected chi connectivity index (χ0v) is 10.3. The lowest BCUT2D eigenvalue weighted by Crippen LogP contribution is -2.38. The zero-order chi connectivity index (χ0) is 14.0. The van der Waals surface area contributed by atoms with Crippen LogP contribution in [0.3, 0.4) is 0 Å². The van der Waals surface area contributed by atoms with Crippen molar-refractivity contribution < 1.29 is 19.3 Å². The third-order valence-corrected chi connectivity index (χ3v) is 2.77. The highest BCUT2D eigenvalue weighted by Crippen LogP contribution is 2.23. The summed E-state index contributed by atoms with van der Waals surface area (Å²) in [4.78, 5) is 38.1. The first-order valence-corrected chi connectivity index (χ1v) is 5.70. The Morgan fingerprint density at radius 1 is 1.53 bits per heavy atom. The van der Waals surface area contributed by atoms with E-state index >= 15 is 0 Å². The summed E-state index contributed by atoms with van der Waals surface area (Å²) >= 11 is 0. The Labute approximate surface area is 108 Å². The minimum Gasteiger partial charge on any atom is -0.297 e. The number of amides is 1. The number of rotatable bonds is 4. The second-order valence-corrected chi connectivity index (χ2v) is 4.23. The normalized spacial score (nSPS) is 14.2. The molecule has 0 fully saturated rings. The molecular formula is C12H12N2O5. The highest BCUT2D eigenvalue weighted by Gasteiger charge is 2.27. The summed E-state index contributed by atoms with van der Waals surface area (Å²) in [6.07, 6.45) is 0.539. The predicted molar refractivity (Wildman–Crippen MR) is 64.5 cm³/mol. The van der Waals surface area contributed by atoms with E-state index in [1.54, 1.807) is 6.07 Å². The second kappa shape index (κ2) is 5.15. The lowest BCUT2D eigenvalue weighted by Gasteiger charge is -2.26. The van der Waals surface area contributed by atoms with E-state index in [4.69, 9.17) is 4.84 Å². The molecule has 0 bridgehead atoms. The molecule has 2 rings (SSSR count). The number of non-ortho nitro benzene ring substituents is 1. The summed E-state index contributed by atoms with van der Waals surface area (Å²) < 4.78 is 0. The van der Waals surface area contributed by atoms with Crippen molar-refractivity contribution in [2.24, 2.45) is 0 Å². The first-order valence-electron chi connectivity index (χ1n) is 5.70. The summed E-state index contributed by atoms with van der Waals surface area (Å²) in [5.74, 6) is -0.649. The fourth-order valence-electron chi connectivity index (χ4n) is 1.84. The molecule has 0 N–H and O–H groups in total. The molecule has 0 aromatic heterocycles. The molecule has 0 spiro atoms. The molecule has 7 nitrogen and oxygen atoms in total. The maximum atomic E-state index is 12.1. The molecule has 7 heteroatoms. The number of nitrogens with zero attached hydrogens (tertiary/aromatic N) is 2. The molecule has 100 valence electrons. The molecule has 19 heavy (non-hydrogen) atoms. The number of ketones is 1. The SMILES string of the molecule is CC(=O)CON1CCc2ccc([N+](=O)[O-])cc2C1=O. The molecule has 0 aliphatic carbocycles. The van der Waals surface area contributed by atoms with E-state index in [9.17, 15) is 19.7 Å². The lowest BCUT2D eigenvalue weighted by atomic mass is 9.99. The van der Waals surface area contributed by atoms with Crippen molar-refractivity contribution >= 4 is 17.4 Å². The molecule has 1 aliphatic rings. The van der Waals surface area contributed by atoms with E-state index in [0.29, 0.717) is 13.0 Å². The van der Waals surface area contributed by atoms with Crippen LogP contribution in [0.4, 0.5) is 5.69 Å². The van der Waals surface area contributed by atoms with E-state index in [1.807, 2.05) is 0 Å². The zero-order valence-electron chi connectivity index (χ0n) is 10.3. The number of hydroxylamine groups is 2. The van der Waals surface area contributed by atoms with Crippen molar-refractivity contribution in [2.45, 2.75) is 13.3 Å². The largest absolute Gasteiger partial charge is 0.297 e. The van der Waals surface area contributed by atoms with Crippen molar-refractivity contribution in [1.82, 2.24) is 5.06 Å². The van der Waals surface area contributed by atoms with Gasteiger partial charge < -0.3 is 0 Å². The summed E-state index contributed by atoms with van der Waals surface area (Å²) in [5, 5.41) is 11.8. The van der Waals surface area contributed by atoms with Gasteiger partial charge in [-0.1, -0.05) is 6.07 Å². The Morgan fingerprint density at radius 2 is 2.26 bits per heavy atom. The van der Waals surface area contributed by atoms with E-state index in [1.165, 1.54) is 19.1 Å². The van der Waals surface area contributed by atoms with Gasteiger partial charge in [-0.05, 0) is 18.9 Å². The molecule has 1 amide bonds. The topological polar surface area (TPSA) is 89.8 Å². The number of carbonyl (C=O) groups excluding carboxylic acids is 2. The van der Waals surface area contributed by atoms with Gasteiger partial charge in [0.15, 0.2) is 5.78 Å². The second-order valence-electron chi connectivity index (χ2n) is 4.23. The molecule has 1 heterocycles. The molecule has 1 aromatic carbocycles. The van der Waals surface area contributed by atoms with E-state index in [0.717, 1.165) is 10.6 Å². The molecule has 0 radical (unpaired) electrons. The number of nitro benzene ring substituents is 1. The smallest absolute Gasteiger partial charge is 0.277 e. The molecule has 0 unspecified atom stereocenters. The number of nitro groups is 1. The molecule has 1 aromatic rings. The fourth-order valence-corrected chi connectivity index (χ4v) is 1.84. The van der Waals surface area contributed by atoms with Gasteiger partial charge in [0.05, 0.1) is 17.0 Å². The van der Waals surface area contributed by atoms with Crippen LogP contribution in [0.1, 0.15) is 22.8 Å². The van der Waals surface area contributed by atoms with Crippen LogP contribution in [0.2, 0.25) is 0 Å². The quantitative estimate of drug-likeness (QED) is 0.600. The molecule has 0 saturated carbocycles. The number of hydrogen-bond acceptors (Lipinski definition) is 5. The molecule has 0 saturated heterocycles. The van der Waals surface area contributed by atoms with Crippen molar-refractivity contribution in [2.75, 3.05) is 13.2 Å². The molecule has 0 atom stereocenters. The standard InChI is InChI=1S/C12H12N2O5/c1-8(15)7-19-13-5-4-9-2-3-10(14(17)18)6-11(9)12(13)16/h2-3,6H,4-5,7H2,1H3. The van der Waals surface area contributed by atoms with Gasteiger partial charge in [0.1, 0.15) is 6.61 Å². The number of fused-ring (bicyclic) bond motifs is 1. The minimum absolute atomic E-state index is 0.138. The fraction of sp³-hybridized carbons (Fsp3) is 0.333. The Morgan fingerprint density at radius 3 is 2.89 bits per heavy atom. The summed E-state index contributed by atoms with van der Waals surface area (Å²) in [6.45, 7) is 1.50. The average molecular weight is 264 g/mol. The highest BCUT2D eigenvalue weighted by atomic mass is 16.7. The van der Waals surface area contributed by atoms with Crippen molar-refractivity contribution in [3.63, 3.8) is 0 Å². The van der Waals surface area contributed by atoms with Gasteiger partial charge in [-0.15, -0.1) is 0 Å². The summed E-state index contributed by atoms with van der Waals surface area (Å²) in [5.41, 5.74) is 0.864. The average Bonchev–Trinajstić information content (AvgIpc) is 2.37. The van der Waals surface area contributed by atoms with Gasteiger partial charge in [-0.25, -0.2) is 5.06 Å². The number of Topliss-reactive ketones (excluding diaryl/α,β-unsaturated/α-hetero) is 1. The van der Waals surface area contributed by atoms with Crippen LogP contribution < -0.4 is 0 Å². The van der Waals surface area contributed by atoms with Crippen LogP contribution in [0.15, 0.2) is 18.2 Å². The van der Waals surface area contributed by atoms with Crippen LogP contribution >= 0.6 is 0 Å². The van der Waals surface area contributed by atoms with Gasteiger partial charge in [0, 0.05) is 12.1 Å². The minimum atomic E-state index is -0.553. The number of benzene rings is 1. The first-order chi connectivity index (χ1) is 8.99. The maximum Gasteiger partial charge on any atom is 0.277 e. The van der Waals surface area contributed by atoms with Gasteiger partial charge in [-0.2, -0.15) is 0 Å². The van der Waals surface area contributed by atoms with Crippen LogP contribution in [-0.2, 0) is 16.1 Å². The van der Waals surface area contributed by atoms with Crippen molar-refractivity contribution in [3.05, 3.63) is 39.4 Å². The third kappa shape index (κ3) is 2.76. The van der Waals surface area contributed by atoms with E-state index in [2.05, 4.69) is 0 Å². The van der Waals surface area contributed by atoms with Crippen molar-refractivity contribution in [3.8, 4) is 0 Å². The van der Waals surface area contributed by atoms with Crippen LogP contribution in [0.5, 0.6) is 0 Å². The summed E-state index contributed by atoms with van der Waals surface area (Å²) in [7, 11) is 0. The van der Waals surface area contributed by atoms with Crippen LogP contribution in [-0.4, -0.2) is 34.8 Å². The number of carbonyl (C=O) groups is 2. The monoisotopic (exact) mass is 264 g/mol. The Bertz CT molecular complexity index is 555. The predicted octanol–water partition coefficient (Wildman–Crippen LogP) is 1.11. The van der Waals surface area contributed by atoms with Crippen molar-refractivity contribution in [1.29, 1.82) is 0 Å². The third-order valence-electron chi connectivity index (χ3n) is 2.77. The first kappa shape index (κ1) is 13.2. The maximum absolute atomic E-state index is 12.1. The van der Waals surface area contributed by atoms with Gasteiger partial charge >= 0.3 is 0 Å². The number of hydrogen-bond donors (Lipinski definition) is 0. The summed E-state index contributed by atoms with van der Waals surface area (Å²) in [6, 6.07) is 4.19. The van der Waals surface area contributed by atoms with Gasteiger partial charge in [0.25, 0.3) is 11.6 Å². The Kier molecular flexibility index (Phi) is 3.57. The Balaban J connectivity index is 2.23. The van der Waals surface area contributed by atoms with Crippen LogP contribution in [0.25, 0.3) is 0 Å². The molecule has 1 aliphatic heterocycles. The Hall–Kier alpha value is -2.28.